The van der Waals surface area contributed by atoms with Crippen molar-refractivity contribution in [3.05, 3.63) is 34.3 Å². The molecule has 0 bridgehead atoms. The Balaban J connectivity index is 2.31. The third-order valence-corrected chi connectivity index (χ3v) is 3.91. The molecule has 4 nitrogen and oxygen atoms in total. The van der Waals surface area contributed by atoms with E-state index in [2.05, 4.69) is 15.9 Å². The number of benzene rings is 1. The van der Waals surface area contributed by atoms with Crippen molar-refractivity contribution in [2.24, 2.45) is 5.41 Å². The second-order valence-corrected chi connectivity index (χ2v) is 5.75. The Morgan fingerprint density at radius 2 is 2.30 bits per heavy atom. The summed E-state index contributed by atoms with van der Waals surface area (Å²) in [5.74, 6) is -0.577. The smallest absolute Gasteiger partial charge is 0.322 e. The summed E-state index contributed by atoms with van der Waals surface area (Å²) in [4.78, 5) is 24.6. The van der Waals surface area contributed by atoms with Crippen molar-refractivity contribution in [2.45, 2.75) is 19.8 Å². The van der Waals surface area contributed by atoms with Gasteiger partial charge in [0.2, 0.25) is 0 Å². The zero-order chi connectivity index (χ0) is 14.6. The first-order chi connectivity index (χ1) is 9.58. The van der Waals surface area contributed by atoms with Crippen molar-refractivity contribution < 1.29 is 19.1 Å². The lowest BCUT2D eigenvalue weighted by atomic mass is 9.76. The van der Waals surface area contributed by atoms with Gasteiger partial charge in [0.25, 0.3) is 0 Å². The Labute approximate surface area is 126 Å². The van der Waals surface area contributed by atoms with Crippen LogP contribution in [-0.4, -0.2) is 31.6 Å². The van der Waals surface area contributed by atoms with Crippen molar-refractivity contribution in [3.8, 4) is 0 Å². The van der Waals surface area contributed by atoms with E-state index < -0.39 is 11.4 Å². The van der Waals surface area contributed by atoms with Gasteiger partial charge in [-0.1, -0.05) is 28.1 Å². The largest absolute Gasteiger partial charge is 0.465 e. The summed E-state index contributed by atoms with van der Waals surface area (Å²) in [7, 11) is 0. The van der Waals surface area contributed by atoms with E-state index in [4.69, 9.17) is 9.47 Å². The van der Waals surface area contributed by atoms with E-state index in [9.17, 15) is 9.59 Å². The van der Waals surface area contributed by atoms with Crippen LogP contribution in [0.15, 0.2) is 28.7 Å². The standard InChI is InChI=1S/C15H17BrO4/c1-2-20-14(18)15(10-19-7-6-13(15)17)9-11-4-3-5-12(16)8-11/h3-5,8H,2,6-7,9-10H2,1H3. The monoisotopic (exact) mass is 340 g/mol. The van der Waals surface area contributed by atoms with Gasteiger partial charge in [0, 0.05) is 10.9 Å². The van der Waals surface area contributed by atoms with Gasteiger partial charge >= 0.3 is 5.97 Å². The Morgan fingerprint density at radius 1 is 1.50 bits per heavy atom. The van der Waals surface area contributed by atoms with E-state index in [0.29, 0.717) is 13.0 Å². The molecule has 2 rings (SSSR count). The summed E-state index contributed by atoms with van der Waals surface area (Å²) in [5.41, 5.74) is -0.291. The van der Waals surface area contributed by atoms with Crippen LogP contribution in [-0.2, 0) is 25.5 Å². The molecule has 1 unspecified atom stereocenters. The first-order valence-corrected chi connectivity index (χ1v) is 7.40. The minimum atomic E-state index is -1.20. The minimum absolute atomic E-state index is 0.0944. The zero-order valence-electron chi connectivity index (χ0n) is 11.4. The summed E-state index contributed by atoms with van der Waals surface area (Å²) in [5, 5.41) is 0. The number of rotatable bonds is 4. The average Bonchev–Trinajstić information content (AvgIpc) is 2.42. The van der Waals surface area contributed by atoms with Crippen molar-refractivity contribution in [2.75, 3.05) is 19.8 Å². The van der Waals surface area contributed by atoms with Crippen LogP contribution >= 0.6 is 15.9 Å². The van der Waals surface area contributed by atoms with Gasteiger partial charge in [-0.05, 0) is 31.0 Å². The van der Waals surface area contributed by atoms with Crippen molar-refractivity contribution in [1.82, 2.24) is 0 Å². The van der Waals surface area contributed by atoms with Crippen molar-refractivity contribution >= 4 is 27.7 Å². The number of hydrogen-bond donors (Lipinski definition) is 0. The fourth-order valence-corrected chi connectivity index (χ4v) is 2.84. The molecule has 0 N–H and O–H groups in total. The molecular weight excluding hydrogens is 324 g/mol. The fourth-order valence-electron chi connectivity index (χ4n) is 2.39. The van der Waals surface area contributed by atoms with Gasteiger partial charge in [-0.25, -0.2) is 0 Å². The SMILES string of the molecule is CCOC(=O)C1(Cc2cccc(Br)c2)COCCC1=O. The molecule has 5 heteroatoms. The summed E-state index contributed by atoms with van der Waals surface area (Å²) < 4.78 is 11.4. The summed E-state index contributed by atoms with van der Waals surface area (Å²) in [6.07, 6.45) is 0.566. The molecule has 20 heavy (non-hydrogen) atoms. The maximum atomic E-state index is 12.3. The second kappa shape index (κ2) is 6.50. The van der Waals surface area contributed by atoms with Crippen LogP contribution in [0, 0.1) is 5.41 Å². The van der Waals surface area contributed by atoms with E-state index in [1.165, 1.54) is 0 Å². The molecule has 0 aromatic heterocycles. The molecule has 1 atom stereocenters. The molecule has 1 aliphatic rings. The Kier molecular flexibility index (Phi) is 4.94. The maximum absolute atomic E-state index is 12.3. The van der Waals surface area contributed by atoms with E-state index in [-0.39, 0.29) is 25.4 Å². The summed E-state index contributed by atoms with van der Waals surface area (Å²) in [6.45, 7) is 2.46. The maximum Gasteiger partial charge on any atom is 0.322 e. The molecule has 0 radical (unpaired) electrons. The second-order valence-electron chi connectivity index (χ2n) is 4.84. The lowest BCUT2D eigenvalue weighted by Gasteiger charge is -2.33. The van der Waals surface area contributed by atoms with Gasteiger partial charge < -0.3 is 9.47 Å². The lowest BCUT2D eigenvalue weighted by molar-refractivity contribution is -0.169. The molecule has 1 saturated heterocycles. The van der Waals surface area contributed by atoms with E-state index >= 15 is 0 Å². The first kappa shape index (κ1) is 15.2. The van der Waals surface area contributed by atoms with E-state index in [0.717, 1.165) is 10.0 Å². The molecule has 1 aliphatic heterocycles. The molecule has 0 spiro atoms. The van der Waals surface area contributed by atoms with E-state index in [1.54, 1.807) is 6.92 Å². The van der Waals surface area contributed by atoms with Crippen LogP contribution in [0.4, 0.5) is 0 Å². The number of carbonyl (C=O) groups is 2. The first-order valence-electron chi connectivity index (χ1n) is 6.61. The summed E-state index contributed by atoms with van der Waals surface area (Å²) in [6, 6.07) is 7.59. The van der Waals surface area contributed by atoms with Crippen LogP contribution in [0.25, 0.3) is 0 Å². The molecule has 1 aromatic rings. The Hall–Kier alpha value is -1.20. The lowest BCUT2D eigenvalue weighted by Crippen LogP contribution is -2.49. The zero-order valence-corrected chi connectivity index (χ0v) is 12.9. The molecule has 1 heterocycles. The topological polar surface area (TPSA) is 52.6 Å². The highest BCUT2D eigenvalue weighted by Crippen LogP contribution is 2.32. The number of ether oxygens (including phenoxy) is 2. The fraction of sp³-hybridized carbons (Fsp3) is 0.467. The molecule has 0 amide bonds. The van der Waals surface area contributed by atoms with Crippen LogP contribution in [0.1, 0.15) is 18.9 Å². The third-order valence-electron chi connectivity index (χ3n) is 3.42. The third kappa shape index (κ3) is 3.10. The molecule has 1 aromatic carbocycles. The number of hydrogen-bond acceptors (Lipinski definition) is 4. The Morgan fingerprint density at radius 3 is 2.95 bits per heavy atom. The Bertz CT molecular complexity index is 514. The number of halogens is 1. The average molecular weight is 341 g/mol. The number of Topliss-reactive ketones (excluding diaryl/α,β-unsaturated/α-hetero) is 1. The normalized spacial score (nSPS) is 22.6. The quantitative estimate of drug-likeness (QED) is 0.624. The van der Waals surface area contributed by atoms with Gasteiger partial charge in [-0.3, -0.25) is 9.59 Å². The van der Waals surface area contributed by atoms with Gasteiger partial charge in [0.1, 0.15) is 0 Å². The van der Waals surface area contributed by atoms with Gasteiger partial charge in [0.05, 0.1) is 19.8 Å². The predicted octanol–water partition coefficient (Wildman–Crippen LogP) is 2.53. The van der Waals surface area contributed by atoms with Crippen molar-refractivity contribution in [3.63, 3.8) is 0 Å². The number of ketones is 1. The predicted molar refractivity (Wildman–Crippen MR) is 77.4 cm³/mol. The van der Waals surface area contributed by atoms with Crippen molar-refractivity contribution in [1.29, 1.82) is 0 Å². The van der Waals surface area contributed by atoms with Crippen LogP contribution < -0.4 is 0 Å². The van der Waals surface area contributed by atoms with Gasteiger partial charge in [-0.15, -0.1) is 0 Å². The number of esters is 1. The van der Waals surface area contributed by atoms with Crippen LogP contribution in [0.2, 0.25) is 0 Å². The van der Waals surface area contributed by atoms with Gasteiger partial charge in [0.15, 0.2) is 11.2 Å². The molecule has 108 valence electrons. The highest BCUT2D eigenvalue weighted by Gasteiger charge is 2.48. The highest BCUT2D eigenvalue weighted by atomic mass is 79.9. The van der Waals surface area contributed by atoms with Crippen LogP contribution in [0.3, 0.4) is 0 Å². The molecular formula is C15H17BrO4. The molecule has 0 aliphatic carbocycles. The molecule has 0 saturated carbocycles. The minimum Gasteiger partial charge on any atom is -0.465 e. The van der Waals surface area contributed by atoms with Gasteiger partial charge in [-0.2, -0.15) is 0 Å². The highest BCUT2D eigenvalue weighted by molar-refractivity contribution is 9.10. The number of carbonyl (C=O) groups excluding carboxylic acids is 2. The van der Waals surface area contributed by atoms with E-state index in [1.807, 2.05) is 24.3 Å². The molecule has 1 fully saturated rings. The summed E-state index contributed by atoms with van der Waals surface area (Å²) >= 11 is 3.40. The van der Waals surface area contributed by atoms with Crippen LogP contribution in [0.5, 0.6) is 0 Å².